The average Bonchev–Trinajstić information content (AvgIpc) is 2.38. The molecular formula is C13H10BrCl2NO2S. The smallest absolute Gasteiger partial charge is 0.182 e. The first-order valence-electron chi connectivity index (χ1n) is 5.52. The lowest BCUT2D eigenvalue weighted by Gasteiger charge is -2.09. The Balaban J connectivity index is 2.41. The van der Waals surface area contributed by atoms with Crippen LogP contribution < -0.4 is 5.73 Å². The van der Waals surface area contributed by atoms with E-state index in [9.17, 15) is 8.42 Å². The first-order valence-corrected chi connectivity index (χ1v) is 8.72. The van der Waals surface area contributed by atoms with Crippen LogP contribution in [-0.4, -0.2) is 8.42 Å². The maximum Gasteiger partial charge on any atom is 0.182 e. The molecule has 0 saturated carbocycles. The molecule has 0 spiro atoms. The monoisotopic (exact) mass is 393 g/mol. The Morgan fingerprint density at radius 1 is 1.10 bits per heavy atom. The van der Waals surface area contributed by atoms with Crippen molar-refractivity contribution in [2.24, 2.45) is 0 Å². The van der Waals surface area contributed by atoms with Crippen LogP contribution in [0.25, 0.3) is 0 Å². The maximum atomic E-state index is 12.4. The van der Waals surface area contributed by atoms with Gasteiger partial charge in [-0.1, -0.05) is 35.3 Å². The SMILES string of the molecule is Nc1cccc(CS(=O)(=O)c2ccc(Cl)c(Cl)c2)c1Br. The van der Waals surface area contributed by atoms with E-state index in [4.69, 9.17) is 28.9 Å². The summed E-state index contributed by atoms with van der Waals surface area (Å²) in [5, 5.41) is 0.523. The summed E-state index contributed by atoms with van der Waals surface area (Å²) in [5.74, 6) is -0.170. The number of benzene rings is 2. The fraction of sp³-hybridized carbons (Fsp3) is 0.0769. The Kier molecular flexibility index (Phi) is 4.64. The molecule has 0 amide bonds. The first kappa shape index (κ1) is 15.6. The summed E-state index contributed by atoms with van der Waals surface area (Å²) in [6.45, 7) is 0. The Morgan fingerprint density at radius 2 is 1.80 bits per heavy atom. The van der Waals surface area contributed by atoms with Crippen LogP contribution in [-0.2, 0) is 15.6 Å². The van der Waals surface area contributed by atoms with Crippen molar-refractivity contribution < 1.29 is 8.42 Å². The minimum Gasteiger partial charge on any atom is -0.398 e. The quantitative estimate of drug-likeness (QED) is 0.789. The lowest BCUT2D eigenvalue weighted by Crippen LogP contribution is -2.06. The highest BCUT2D eigenvalue weighted by molar-refractivity contribution is 9.10. The van der Waals surface area contributed by atoms with Gasteiger partial charge in [-0.3, -0.25) is 0 Å². The molecule has 2 aromatic rings. The van der Waals surface area contributed by atoms with Crippen molar-refractivity contribution in [1.29, 1.82) is 0 Å². The van der Waals surface area contributed by atoms with Gasteiger partial charge in [0.25, 0.3) is 0 Å². The molecule has 0 saturated heterocycles. The lowest BCUT2D eigenvalue weighted by molar-refractivity contribution is 0.595. The van der Waals surface area contributed by atoms with Gasteiger partial charge < -0.3 is 5.73 Å². The zero-order valence-electron chi connectivity index (χ0n) is 10.1. The van der Waals surface area contributed by atoms with E-state index >= 15 is 0 Å². The van der Waals surface area contributed by atoms with Gasteiger partial charge in [-0.15, -0.1) is 0 Å². The highest BCUT2D eigenvalue weighted by Gasteiger charge is 2.18. The molecule has 0 atom stereocenters. The van der Waals surface area contributed by atoms with Crippen molar-refractivity contribution in [2.75, 3.05) is 5.73 Å². The lowest BCUT2D eigenvalue weighted by atomic mass is 10.2. The molecule has 0 aliphatic heterocycles. The number of nitrogen functional groups attached to an aromatic ring is 1. The van der Waals surface area contributed by atoms with Crippen molar-refractivity contribution >= 4 is 54.7 Å². The zero-order valence-corrected chi connectivity index (χ0v) is 14.0. The number of rotatable bonds is 3. The Hall–Kier alpha value is -0.750. The minimum atomic E-state index is -3.52. The van der Waals surface area contributed by atoms with Gasteiger partial charge >= 0.3 is 0 Å². The Labute approximate surface area is 135 Å². The molecule has 0 radical (unpaired) electrons. The van der Waals surface area contributed by atoms with Gasteiger partial charge in [0.05, 0.1) is 20.7 Å². The molecule has 2 rings (SSSR count). The van der Waals surface area contributed by atoms with E-state index in [2.05, 4.69) is 15.9 Å². The van der Waals surface area contributed by atoms with Crippen LogP contribution in [0.15, 0.2) is 45.8 Å². The number of hydrogen-bond acceptors (Lipinski definition) is 3. The number of nitrogens with two attached hydrogens (primary N) is 1. The predicted octanol–water partition coefficient (Wildman–Crippen LogP) is 4.31. The van der Waals surface area contributed by atoms with Crippen molar-refractivity contribution in [3.63, 3.8) is 0 Å². The minimum absolute atomic E-state index is 0.126. The number of halogens is 3. The van der Waals surface area contributed by atoms with Crippen LogP contribution in [0.2, 0.25) is 10.0 Å². The maximum absolute atomic E-state index is 12.4. The molecule has 0 heterocycles. The van der Waals surface area contributed by atoms with Crippen LogP contribution in [0.1, 0.15) is 5.56 Å². The van der Waals surface area contributed by atoms with Crippen molar-refractivity contribution in [1.82, 2.24) is 0 Å². The predicted molar refractivity (Wildman–Crippen MR) is 85.9 cm³/mol. The third kappa shape index (κ3) is 3.28. The largest absolute Gasteiger partial charge is 0.398 e. The molecule has 2 N–H and O–H groups in total. The highest BCUT2D eigenvalue weighted by atomic mass is 79.9. The average molecular weight is 395 g/mol. The topological polar surface area (TPSA) is 60.2 Å². The fourth-order valence-electron chi connectivity index (χ4n) is 1.67. The van der Waals surface area contributed by atoms with E-state index in [0.717, 1.165) is 0 Å². The number of hydrogen-bond donors (Lipinski definition) is 1. The van der Waals surface area contributed by atoms with Gasteiger partial charge in [0.15, 0.2) is 9.84 Å². The Morgan fingerprint density at radius 3 is 2.45 bits per heavy atom. The summed E-state index contributed by atoms with van der Waals surface area (Å²) in [5.41, 5.74) is 6.83. The van der Waals surface area contributed by atoms with Crippen LogP contribution in [0, 0.1) is 0 Å². The van der Waals surface area contributed by atoms with Crippen LogP contribution in [0.4, 0.5) is 5.69 Å². The van der Waals surface area contributed by atoms with E-state index in [-0.39, 0.29) is 15.7 Å². The summed E-state index contributed by atoms with van der Waals surface area (Å²) in [4.78, 5) is 0.126. The standard InChI is InChI=1S/C13H10BrCl2NO2S/c14-13-8(2-1-3-12(13)17)7-20(18,19)9-4-5-10(15)11(16)6-9/h1-6H,7,17H2. The van der Waals surface area contributed by atoms with Gasteiger partial charge in [0.1, 0.15) is 0 Å². The van der Waals surface area contributed by atoms with E-state index in [1.165, 1.54) is 18.2 Å². The van der Waals surface area contributed by atoms with Crippen LogP contribution >= 0.6 is 39.1 Å². The molecule has 2 aromatic carbocycles. The second kappa shape index (κ2) is 5.93. The molecule has 0 bridgehead atoms. The fourth-order valence-corrected chi connectivity index (χ4v) is 4.01. The molecule has 3 nitrogen and oxygen atoms in total. The Bertz CT molecular complexity index is 763. The molecular weight excluding hydrogens is 385 g/mol. The summed E-state index contributed by atoms with van der Waals surface area (Å²) >= 11 is 14.9. The molecule has 7 heteroatoms. The van der Waals surface area contributed by atoms with E-state index in [1.807, 2.05) is 0 Å². The summed E-state index contributed by atoms with van der Waals surface area (Å²) in [6, 6.07) is 9.35. The van der Waals surface area contributed by atoms with Crippen LogP contribution in [0.5, 0.6) is 0 Å². The van der Waals surface area contributed by atoms with Crippen molar-refractivity contribution in [3.05, 3.63) is 56.5 Å². The van der Waals surface area contributed by atoms with Gasteiger partial charge in [0.2, 0.25) is 0 Å². The third-order valence-electron chi connectivity index (χ3n) is 2.70. The van der Waals surface area contributed by atoms with E-state index in [1.54, 1.807) is 18.2 Å². The molecule has 106 valence electrons. The van der Waals surface area contributed by atoms with E-state index in [0.29, 0.717) is 20.7 Å². The van der Waals surface area contributed by atoms with Gasteiger partial charge in [-0.25, -0.2) is 8.42 Å². The van der Waals surface area contributed by atoms with Crippen molar-refractivity contribution in [3.8, 4) is 0 Å². The van der Waals surface area contributed by atoms with Gasteiger partial charge in [0, 0.05) is 10.2 Å². The van der Waals surface area contributed by atoms with E-state index < -0.39 is 9.84 Å². The molecule has 20 heavy (non-hydrogen) atoms. The first-order chi connectivity index (χ1) is 9.31. The normalized spacial score (nSPS) is 11.6. The number of anilines is 1. The van der Waals surface area contributed by atoms with Crippen LogP contribution in [0.3, 0.4) is 0 Å². The summed E-state index contributed by atoms with van der Waals surface area (Å²) in [6.07, 6.45) is 0. The second-order valence-corrected chi connectivity index (χ2v) is 7.75. The molecule has 0 unspecified atom stereocenters. The summed E-state index contributed by atoms with van der Waals surface area (Å²) < 4.78 is 25.3. The molecule has 0 aromatic heterocycles. The zero-order chi connectivity index (χ0) is 14.9. The van der Waals surface area contributed by atoms with Crippen molar-refractivity contribution in [2.45, 2.75) is 10.6 Å². The number of sulfone groups is 1. The third-order valence-corrected chi connectivity index (χ3v) is 6.07. The second-order valence-electron chi connectivity index (χ2n) is 4.16. The van der Waals surface area contributed by atoms with Gasteiger partial charge in [-0.2, -0.15) is 0 Å². The molecule has 0 aliphatic carbocycles. The molecule has 0 aliphatic rings. The summed E-state index contributed by atoms with van der Waals surface area (Å²) in [7, 11) is -3.52. The molecule has 0 fully saturated rings. The highest BCUT2D eigenvalue weighted by Crippen LogP contribution is 2.29. The van der Waals surface area contributed by atoms with Gasteiger partial charge in [-0.05, 0) is 45.8 Å².